The molecule has 0 radical (unpaired) electrons. The van der Waals surface area contributed by atoms with E-state index in [1.165, 1.54) is 11.8 Å². The molecule has 1 saturated heterocycles. The minimum atomic E-state index is -1.64. The highest BCUT2D eigenvalue weighted by atomic mass is 35.5. The summed E-state index contributed by atoms with van der Waals surface area (Å²) in [5.41, 5.74) is 0.582. The first-order valence-corrected chi connectivity index (χ1v) is 12.3. The van der Waals surface area contributed by atoms with Gasteiger partial charge in [0.1, 0.15) is 12.6 Å². The number of hydrogen-bond acceptors (Lipinski definition) is 6. The Morgan fingerprint density at radius 2 is 1.77 bits per heavy atom. The van der Waals surface area contributed by atoms with Crippen LogP contribution in [0.3, 0.4) is 0 Å². The Hall–Kier alpha value is -3.80. The SMILES string of the molecule is Cc1ccc(Cl)c(OC(=O)N2CCC(C(=O)N[C@@H](CC(=O)O)C(=O)COc3c(F)c(C)cc(F)c3F)CC2)c1. The first-order chi connectivity index (χ1) is 18.4. The number of halogens is 4. The van der Waals surface area contributed by atoms with Crippen LogP contribution in [0.1, 0.15) is 30.4 Å². The number of aliphatic carboxylic acids is 1. The van der Waals surface area contributed by atoms with Crippen LogP contribution in [0, 0.1) is 37.2 Å². The van der Waals surface area contributed by atoms with Crippen LogP contribution >= 0.6 is 11.6 Å². The quantitative estimate of drug-likeness (QED) is 0.433. The smallest absolute Gasteiger partial charge is 0.415 e. The van der Waals surface area contributed by atoms with Gasteiger partial charge in [-0.1, -0.05) is 17.7 Å². The molecule has 9 nitrogen and oxygen atoms in total. The standard InChI is InChI=1S/C26H26ClF3N2O7/c1-13-3-4-16(27)20(9-13)39-26(37)32-7-5-15(6-8-32)25(36)31-18(11-21(34)35)19(33)12-38-24-22(29)14(2)10-17(28)23(24)30/h3-4,9-10,15,18H,5-8,11-12H2,1-2H3,(H,31,36)(H,34,35)/t18-/m0/s1. The maximum absolute atomic E-state index is 14.2. The second-order valence-electron chi connectivity index (χ2n) is 9.11. The number of hydrogen-bond donors (Lipinski definition) is 2. The zero-order valence-corrected chi connectivity index (χ0v) is 21.8. The van der Waals surface area contributed by atoms with Crippen LogP contribution in [0.25, 0.3) is 0 Å². The molecule has 0 unspecified atom stereocenters. The highest BCUT2D eigenvalue weighted by molar-refractivity contribution is 6.32. The van der Waals surface area contributed by atoms with Gasteiger partial charge in [-0.05, 0) is 56.0 Å². The number of carboxylic acid groups (broad SMARTS) is 1. The molecule has 1 aliphatic heterocycles. The molecule has 0 spiro atoms. The van der Waals surface area contributed by atoms with Gasteiger partial charge in [-0.3, -0.25) is 14.4 Å². The molecular weight excluding hydrogens is 545 g/mol. The Morgan fingerprint density at radius 3 is 2.41 bits per heavy atom. The summed E-state index contributed by atoms with van der Waals surface area (Å²) in [7, 11) is 0. The molecule has 2 amide bonds. The number of carboxylic acids is 1. The van der Waals surface area contributed by atoms with E-state index < -0.39 is 71.9 Å². The molecule has 39 heavy (non-hydrogen) atoms. The number of nitrogens with zero attached hydrogens (tertiary/aromatic N) is 1. The number of piperidine rings is 1. The molecule has 2 N–H and O–H groups in total. The molecule has 0 aromatic heterocycles. The average molecular weight is 571 g/mol. The van der Waals surface area contributed by atoms with Gasteiger partial charge < -0.3 is 24.8 Å². The Balaban J connectivity index is 1.57. The van der Waals surface area contributed by atoms with Crippen LogP contribution in [0.15, 0.2) is 24.3 Å². The van der Waals surface area contributed by atoms with E-state index in [2.05, 4.69) is 5.32 Å². The number of rotatable bonds is 9. The summed E-state index contributed by atoms with van der Waals surface area (Å²) in [6, 6.07) is 4.03. The van der Waals surface area contributed by atoms with Crippen molar-refractivity contribution in [2.75, 3.05) is 19.7 Å². The second-order valence-corrected chi connectivity index (χ2v) is 9.52. The largest absolute Gasteiger partial charge is 0.481 e. The van der Waals surface area contributed by atoms with E-state index in [1.807, 2.05) is 6.92 Å². The summed E-state index contributed by atoms with van der Waals surface area (Å²) in [4.78, 5) is 50.6. The van der Waals surface area contributed by atoms with Crippen LogP contribution < -0.4 is 14.8 Å². The number of carbonyl (C=O) groups is 4. The predicted octanol–water partition coefficient (Wildman–Crippen LogP) is 4.19. The Morgan fingerprint density at radius 1 is 1.10 bits per heavy atom. The Labute approximate surface area is 226 Å². The molecule has 1 fully saturated rings. The van der Waals surface area contributed by atoms with Gasteiger partial charge in [0.25, 0.3) is 0 Å². The third-order valence-electron chi connectivity index (χ3n) is 6.15. The van der Waals surface area contributed by atoms with E-state index in [9.17, 15) is 37.5 Å². The van der Waals surface area contributed by atoms with Crippen molar-refractivity contribution in [2.45, 2.75) is 39.2 Å². The van der Waals surface area contributed by atoms with Gasteiger partial charge in [-0.2, -0.15) is 4.39 Å². The fourth-order valence-electron chi connectivity index (χ4n) is 3.95. The lowest BCUT2D eigenvalue weighted by Gasteiger charge is -2.31. The summed E-state index contributed by atoms with van der Waals surface area (Å²) in [5.74, 6) is -8.84. The van der Waals surface area contributed by atoms with E-state index in [-0.39, 0.29) is 42.3 Å². The Kier molecular flexibility index (Phi) is 9.79. The van der Waals surface area contributed by atoms with Crippen molar-refractivity contribution in [3.8, 4) is 11.5 Å². The molecule has 2 aromatic carbocycles. The molecule has 1 atom stereocenters. The highest BCUT2D eigenvalue weighted by Crippen LogP contribution is 2.28. The minimum Gasteiger partial charge on any atom is -0.481 e. The predicted molar refractivity (Wildman–Crippen MR) is 132 cm³/mol. The van der Waals surface area contributed by atoms with Crippen LogP contribution in [-0.4, -0.2) is 59.5 Å². The molecular formula is C26H26ClF3N2O7. The second kappa shape index (κ2) is 12.8. The molecule has 1 heterocycles. The number of Topliss-reactive ketones (excluding diaryl/α,β-unsaturated/α-hetero) is 1. The summed E-state index contributed by atoms with van der Waals surface area (Å²) in [5, 5.41) is 11.8. The van der Waals surface area contributed by atoms with Crippen LogP contribution in [0.2, 0.25) is 5.02 Å². The van der Waals surface area contributed by atoms with Crippen molar-refractivity contribution in [3.05, 3.63) is 57.9 Å². The molecule has 0 bridgehead atoms. The number of ketones is 1. The molecule has 0 saturated carbocycles. The minimum absolute atomic E-state index is 0.151. The van der Waals surface area contributed by atoms with Gasteiger partial charge in [0, 0.05) is 19.0 Å². The van der Waals surface area contributed by atoms with Crippen molar-refractivity contribution in [3.63, 3.8) is 0 Å². The van der Waals surface area contributed by atoms with Gasteiger partial charge in [0.2, 0.25) is 11.7 Å². The van der Waals surface area contributed by atoms with E-state index >= 15 is 0 Å². The fourth-order valence-corrected chi connectivity index (χ4v) is 4.11. The van der Waals surface area contributed by atoms with Gasteiger partial charge in [-0.15, -0.1) is 0 Å². The van der Waals surface area contributed by atoms with E-state index in [1.54, 1.807) is 18.2 Å². The van der Waals surface area contributed by atoms with Crippen molar-refractivity contribution in [2.24, 2.45) is 5.92 Å². The van der Waals surface area contributed by atoms with Crippen LogP contribution in [0.4, 0.5) is 18.0 Å². The lowest BCUT2D eigenvalue weighted by Crippen LogP contribution is -2.49. The monoisotopic (exact) mass is 570 g/mol. The first-order valence-electron chi connectivity index (χ1n) is 11.9. The summed E-state index contributed by atoms with van der Waals surface area (Å²) in [6.07, 6.45) is -1.06. The lowest BCUT2D eigenvalue weighted by atomic mass is 9.95. The zero-order chi connectivity index (χ0) is 28.9. The third kappa shape index (κ3) is 7.62. The van der Waals surface area contributed by atoms with Crippen molar-refractivity contribution < 1.29 is 46.9 Å². The molecule has 13 heteroatoms. The zero-order valence-electron chi connectivity index (χ0n) is 21.1. The normalized spacial score (nSPS) is 14.5. The molecule has 1 aliphatic rings. The summed E-state index contributed by atoms with van der Waals surface area (Å²) < 4.78 is 51.9. The molecule has 2 aromatic rings. The Bertz CT molecular complexity index is 1260. The number of likely N-dealkylation sites (tertiary alicyclic amines) is 1. The fraction of sp³-hybridized carbons (Fsp3) is 0.385. The van der Waals surface area contributed by atoms with E-state index in [0.717, 1.165) is 5.56 Å². The van der Waals surface area contributed by atoms with Gasteiger partial charge in [0.15, 0.2) is 28.9 Å². The first kappa shape index (κ1) is 29.8. The molecule has 210 valence electrons. The topological polar surface area (TPSA) is 122 Å². The van der Waals surface area contributed by atoms with Crippen molar-refractivity contribution >= 4 is 35.4 Å². The highest BCUT2D eigenvalue weighted by Gasteiger charge is 2.32. The lowest BCUT2D eigenvalue weighted by molar-refractivity contribution is -0.141. The van der Waals surface area contributed by atoms with Crippen LogP contribution in [0.5, 0.6) is 11.5 Å². The number of carbonyl (C=O) groups excluding carboxylic acids is 3. The number of nitrogens with one attached hydrogen (secondary N) is 1. The maximum atomic E-state index is 14.2. The van der Waals surface area contributed by atoms with E-state index in [4.69, 9.17) is 21.1 Å². The van der Waals surface area contributed by atoms with Gasteiger partial charge in [-0.25, -0.2) is 13.6 Å². The number of benzene rings is 2. The van der Waals surface area contributed by atoms with Gasteiger partial charge >= 0.3 is 12.1 Å². The molecule has 0 aliphatic carbocycles. The van der Waals surface area contributed by atoms with Crippen molar-refractivity contribution in [1.29, 1.82) is 0 Å². The number of ether oxygens (including phenoxy) is 2. The maximum Gasteiger partial charge on any atom is 0.415 e. The molecule has 3 rings (SSSR count). The van der Waals surface area contributed by atoms with Crippen molar-refractivity contribution in [1.82, 2.24) is 10.2 Å². The number of aryl methyl sites for hydroxylation is 2. The number of amides is 2. The summed E-state index contributed by atoms with van der Waals surface area (Å²) in [6.45, 7) is 2.27. The van der Waals surface area contributed by atoms with E-state index in [0.29, 0.717) is 6.07 Å². The average Bonchev–Trinajstić information content (AvgIpc) is 2.88. The third-order valence-corrected chi connectivity index (χ3v) is 6.46. The van der Waals surface area contributed by atoms with Gasteiger partial charge in [0.05, 0.1) is 11.4 Å². The van der Waals surface area contributed by atoms with Crippen LogP contribution in [-0.2, 0) is 14.4 Å². The summed E-state index contributed by atoms with van der Waals surface area (Å²) >= 11 is 6.06.